The minimum Gasteiger partial charge on any atom is -0.207 e. The van der Waals surface area contributed by atoms with Crippen molar-refractivity contribution in [2.75, 3.05) is 0 Å². The van der Waals surface area contributed by atoms with Gasteiger partial charge in [-0.3, -0.25) is 0 Å². The van der Waals surface area contributed by atoms with Crippen LogP contribution in [0, 0.1) is 5.82 Å². The molecule has 0 saturated carbocycles. The van der Waals surface area contributed by atoms with E-state index in [1.807, 2.05) is 24.3 Å². The molecule has 0 aliphatic rings. The lowest BCUT2D eigenvalue weighted by Crippen LogP contribution is -1.96. The van der Waals surface area contributed by atoms with Crippen LogP contribution in [0.3, 0.4) is 0 Å². The van der Waals surface area contributed by atoms with E-state index >= 15 is 0 Å². The van der Waals surface area contributed by atoms with Crippen LogP contribution in [0.15, 0.2) is 48.5 Å². The number of hydrogen-bond acceptors (Lipinski definition) is 0. The monoisotopic (exact) mass is 228 g/mol. The van der Waals surface area contributed by atoms with E-state index < -0.39 is 0 Å². The first-order chi connectivity index (χ1) is 8.22. The van der Waals surface area contributed by atoms with Gasteiger partial charge in [-0.2, -0.15) is 0 Å². The van der Waals surface area contributed by atoms with Gasteiger partial charge in [0.2, 0.25) is 0 Å². The highest BCUT2D eigenvalue weighted by atomic mass is 19.1. The molecule has 0 spiro atoms. The lowest BCUT2D eigenvalue weighted by molar-refractivity contribution is 0.620. The zero-order chi connectivity index (χ0) is 12.3. The number of rotatable bonds is 3. The van der Waals surface area contributed by atoms with Gasteiger partial charge < -0.3 is 0 Å². The Hall–Kier alpha value is -1.63. The van der Waals surface area contributed by atoms with Gasteiger partial charge in [-0.15, -0.1) is 0 Å². The quantitative estimate of drug-likeness (QED) is 0.693. The minimum absolute atomic E-state index is 0.153. The van der Waals surface area contributed by atoms with Gasteiger partial charge in [0.05, 0.1) is 0 Å². The van der Waals surface area contributed by atoms with Crippen LogP contribution in [-0.4, -0.2) is 0 Å². The van der Waals surface area contributed by atoms with Gasteiger partial charge in [-0.1, -0.05) is 50.2 Å². The molecule has 0 aromatic heterocycles. The summed E-state index contributed by atoms with van der Waals surface area (Å²) < 4.78 is 13.4. The number of halogens is 1. The normalized spacial score (nSPS) is 12.4. The molecule has 0 fully saturated rings. The van der Waals surface area contributed by atoms with Crippen molar-refractivity contribution < 1.29 is 4.39 Å². The van der Waals surface area contributed by atoms with Crippen LogP contribution in [0.4, 0.5) is 4.39 Å². The lowest BCUT2D eigenvalue weighted by Gasteiger charge is -2.15. The Bertz CT molecular complexity index is 488. The fourth-order valence-corrected chi connectivity index (χ4v) is 2.04. The minimum atomic E-state index is -0.153. The van der Waals surface area contributed by atoms with Crippen molar-refractivity contribution in [2.24, 2.45) is 0 Å². The fourth-order valence-electron chi connectivity index (χ4n) is 2.04. The van der Waals surface area contributed by atoms with Gasteiger partial charge in [0.15, 0.2) is 0 Å². The van der Waals surface area contributed by atoms with Gasteiger partial charge in [-0.05, 0) is 41.2 Å². The summed E-state index contributed by atoms with van der Waals surface area (Å²) in [7, 11) is 0. The number of benzene rings is 2. The second-order valence-corrected chi connectivity index (χ2v) is 4.41. The van der Waals surface area contributed by atoms with Crippen LogP contribution >= 0.6 is 0 Å². The smallest absolute Gasteiger partial charge is 0.123 e. The average Bonchev–Trinajstić information content (AvgIpc) is 2.38. The van der Waals surface area contributed by atoms with Crippen molar-refractivity contribution in [2.45, 2.75) is 26.2 Å². The summed E-state index contributed by atoms with van der Waals surface area (Å²) >= 11 is 0. The first-order valence-corrected chi connectivity index (χ1v) is 6.07. The van der Waals surface area contributed by atoms with Gasteiger partial charge in [0.25, 0.3) is 0 Å². The van der Waals surface area contributed by atoms with Crippen LogP contribution in [0.1, 0.15) is 31.7 Å². The molecule has 88 valence electrons. The highest BCUT2D eigenvalue weighted by molar-refractivity contribution is 5.68. The van der Waals surface area contributed by atoms with E-state index in [1.165, 1.54) is 6.07 Å². The lowest BCUT2D eigenvalue weighted by atomic mass is 9.90. The van der Waals surface area contributed by atoms with E-state index in [9.17, 15) is 4.39 Å². The third-order valence-electron chi connectivity index (χ3n) is 3.24. The van der Waals surface area contributed by atoms with Gasteiger partial charge in [-0.25, -0.2) is 4.39 Å². The highest BCUT2D eigenvalue weighted by Gasteiger charge is 2.11. The molecular formula is C16H17F. The van der Waals surface area contributed by atoms with Crippen molar-refractivity contribution in [3.8, 4) is 11.1 Å². The maximum Gasteiger partial charge on any atom is 0.123 e. The Morgan fingerprint density at radius 3 is 2.41 bits per heavy atom. The van der Waals surface area contributed by atoms with Crippen LogP contribution < -0.4 is 0 Å². The molecule has 17 heavy (non-hydrogen) atoms. The van der Waals surface area contributed by atoms with Crippen molar-refractivity contribution in [1.82, 2.24) is 0 Å². The molecule has 0 amide bonds. The zero-order valence-electron chi connectivity index (χ0n) is 10.3. The average molecular weight is 228 g/mol. The summed E-state index contributed by atoms with van der Waals surface area (Å²) in [5.41, 5.74) is 3.39. The Balaban J connectivity index is 2.54. The maximum absolute atomic E-state index is 13.4. The zero-order valence-corrected chi connectivity index (χ0v) is 10.3. The van der Waals surface area contributed by atoms with E-state index in [0.29, 0.717) is 5.92 Å². The Kier molecular flexibility index (Phi) is 3.58. The molecule has 0 saturated heterocycles. The molecule has 1 unspecified atom stereocenters. The molecule has 0 nitrogen and oxygen atoms in total. The third-order valence-corrected chi connectivity index (χ3v) is 3.24. The summed E-state index contributed by atoms with van der Waals surface area (Å²) in [6.07, 6.45) is 1.02. The van der Waals surface area contributed by atoms with Crippen LogP contribution in [-0.2, 0) is 0 Å². The summed E-state index contributed by atoms with van der Waals surface area (Å²) in [6, 6.07) is 15.2. The highest BCUT2D eigenvalue weighted by Crippen LogP contribution is 2.31. The third kappa shape index (κ3) is 2.55. The Morgan fingerprint density at radius 1 is 1.06 bits per heavy atom. The molecule has 2 aromatic rings. The number of hydrogen-bond donors (Lipinski definition) is 0. The fraction of sp³-hybridized carbons (Fsp3) is 0.250. The van der Waals surface area contributed by atoms with E-state index in [0.717, 1.165) is 23.1 Å². The van der Waals surface area contributed by atoms with Gasteiger partial charge in [0.1, 0.15) is 5.82 Å². The van der Waals surface area contributed by atoms with Crippen molar-refractivity contribution in [3.05, 3.63) is 59.9 Å². The van der Waals surface area contributed by atoms with E-state index in [4.69, 9.17) is 0 Å². The molecule has 0 radical (unpaired) electrons. The summed E-state index contributed by atoms with van der Waals surface area (Å²) in [4.78, 5) is 0. The molecule has 2 aromatic carbocycles. The standard InChI is InChI=1S/C16H17F/c1-3-12(2)16-11-14(17)9-10-15(16)13-7-5-4-6-8-13/h4-12H,3H2,1-2H3. The summed E-state index contributed by atoms with van der Waals surface area (Å²) in [6.45, 7) is 4.27. The molecule has 0 N–H and O–H groups in total. The molecule has 0 aliphatic heterocycles. The largest absolute Gasteiger partial charge is 0.207 e. The van der Waals surface area contributed by atoms with Crippen LogP contribution in [0.2, 0.25) is 0 Å². The predicted octanol–water partition coefficient (Wildman–Crippen LogP) is 5.01. The predicted molar refractivity (Wildman–Crippen MR) is 70.5 cm³/mol. The van der Waals surface area contributed by atoms with E-state index in [1.54, 1.807) is 6.07 Å². The van der Waals surface area contributed by atoms with Crippen molar-refractivity contribution >= 4 is 0 Å². The second-order valence-electron chi connectivity index (χ2n) is 4.41. The maximum atomic E-state index is 13.4. The van der Waals surface area contributed by atoms with E-state index in [-0.39, 0.29) is 5.82 Å². The first kappa shape index (κ1) is 11.8. The molecular weight excluding hydrogens is 211 g/mol. The molecule has 1 atom stereocenters. The van der Waals surface area contributed by atoms with Crippen molar-refractivity contribution in [1.29, 1.82) is 0 Å². The van der Waals surface area contributed by atoms with Gasteiger partial charge in [0, 0.05) is 0 Å². The molecule has 0 aliphatic carbocycles. The first-order valence-electron chi connectivity index (χ1n) is 6.07. The SMILES string of the molecule is CCC(C)c1cc(F)ccc1-c1ccccc1. The summed E-state index contributed by atoms with van der Waals surface area (Å²) in [5.74, 6) is 0.223. The Morgan fingerprint density at radius 2 is 1.76 bits per heavy atom. The van der Waals surface area contributed by atoms with Crippen LogP contribution in [0.5, 0.6) is 0 Å². The Labute approximate surface area is 102 Å². The second kappa shape index (κ2) is 5.13. The molecule has 1 heteroatoms. The van der Waals surface area contributed by atoms with E-state index in [2.05, 4.69) is 26.0 Å². The molecule has 0 heterocycles. The van der Waals surface area contributed by atoms with Gasteiger partial charge >= 0.3 is 0 Å². The summed E-state index contributed by atoms with van der Waals surface area (Å²) in [5, 5.41) is 0. The topological polar surface area (TPSA) is 0 Å². The van der Waals surface area contributed by atoms with Crippen molar-refractivity contribution in [3.63, 3.8) is 0 Å². The van der Waals surface area contributed by atoms with Crippen LogP contribution in [0.25, 0.3) is 11.1 Å². The molecule has 2 rings (SSSR count). The molecule has 0 bridgehead atoms.